The molecule has 0 radical (unpaired) electrons. The van der Waals surface area contributed by atoms with Crippen LogP contribution < -0.4 is 27.0 Å². The Kier molecular flexibility index (Phi) is 12.2. The van der Waals surface area contributed by atoms with Gasteiger partial charge in [0.05, 0.1) is 18.0 Å². The summed E-state index contributed by atoms with van der Waals surface area (Å²) in [7, 11) is 0. The number of piperidine rings is 1. The molecule has 328 valence electrons. The van der Waals surface area contributed by atoms with E-state index in [1.165, 1.54) is 11.2 Å². The van der Waals surface area contributed by atoms with Crippen molar-refractivity contribution in [3.8, 4) is 11.1 Å². The number of anilines is 4. The van der Waals surface area contributed by atoms with Gasteiger partial charge in [0, 0.05) is 78.2 Å². The van der Waals surface area contributed by atoms with Crippen LogP contribution in [0.2, 0.25) is 0 Å². The van der Waals surface area contributed by atoms with Gasteiger partial charge in [-0.1, -0.05) is 49.4 Å². The molecule has 19 nitrogen and oxygen atoms in total. The normalized spacial score (nSPS) is 17.3. The summed E-state index contributed by atoms with van der Waals surface area (Å²) in [6.07, 6.45) is 8.40. The minimum absolute atomic E-state index is 0.0944. The van der Waals surface area contributed by atoms with Gasteiger partial charge < -0.3 is 30.4 Å². The van der Waals surface area contributed by atoms with Gasteiger partial charge >= 0.3 is 6.03 Å². The second-order valence-corrected chi connectivity index (χ2v) is 17.2. The number of nitrogen functional groups attached to an aromatic ring is 1. The number of rotatable bonds is 15. The Labute approximate surface area is 363 Å². The lowest BCUT2D eigenvalue weighted by atomic mass is 9.93. The lowest BCUT2D eigenvalue weighted by molar-refractivity contribution is -0.137. The summed E-state index contributed by atoms with van der Waals surface area (Å²) in [4.78, 5) is 73.1. The molecule has 0 spiro atoms. The number of hydrogen-bond donors (Lipinski definition) is 5. The van der Waals surface area contributed by atoms with Crippen LogP contribution in [0.1, 0.15) is 93.8 Å². The molecule has 6 amide bonds. The number of hydrogen-bond acceptors (Lipinski definition) is 13. The number of imide groups is 1. The zero-order valence-electron chi connectivity index (χ0n) is 35.5. The van der Waals surface area contributed by atoms with E-state index in [-0.39, 0.29) is 48.6 Å². The van der Waals surface area contributed by atoms with E-state index in [1.54, 1.807) is 24.3 Å². The van der Waals surface area contributed by atoms with E-state index in [1.807, 2.05) is 56.2 Å². The van der Waals surface area contributed by atoms with Gasteiger partial charge in [-0.15, -0.1) is 0 Å². The predicted molar refractivity (Wildman–Crippen MR) is 234 cm³/mol. The van der Waals surface area contributed by atoms with Crippen LogP contribution in [0.3, 0.4) is 0 Å². The van der Waals surface area contributed by atoms with Crippen LogP contribution in [-0.4, -0.2) is 84.4 Å². The standard InChI is InChI=1S/C44H51N13O6/c1-44(2,3)34-21-35(53-63-34)50-43(62)48-27-15-13-26(14-16-27)30-23-55(40-38(30)39(45)46-25-47-40)19-6-4-9-28-22-56(54-52-28)20-7-5-12-36(58)49-32-11-8-10-29-31(32)24-57(42(29)61)33-17-18-37(59)51-41(33)60/h8,10-11,13-16,21,23,25,28,33H,4-7,9,12,17-20,22,24H2,1-3H3,(H,49,58)(H2,45,46,47)(H,51,59,60)(H2,48,50,53,62). The highest BCUT2D eigenvalue weighted by Gasteiger charge is 2.40. The third kappa shape index (κ3) is 9.66. The summed E-state index contributed by atoms with van der Waals surface area (Å²) in [6, 6.07) is 13.3. The molecule has 6 N–H and O–H groups in total. The molecule has 3 aliphatic heterocycles. The van der Waals surface area contributed by atoms with Crippen molar-refractivity contribution in [3.05, 3.63) is 77.9 Å². The van der Waals surface area contributed by atoms with Gasteiger partial charge in [0.1, 0.15) is 29.6 Å². The average Bonchev–Trinajstić information content (AvgIpc) is 4.06. The number of fused-ring (bicyclic) bond motifs is 2. The molecule has 1 saturated heterocycles. The maximum atomic E-state index is 13.1. The summed E-state index contributed by atoms with van der Waals surface area (Å²) in [5.74, 6) is 0.147. The average molecular weight is 858 g/mol. The fraction of sp³-hybridized carbons (Fsp3) is 0.409. The van der Waals surface area contributed by atoms with Gasteiger partial charge in [0.15, 0.2) is 5.82 Å². The fourth-order valence-electron chi connectivity index (χ4n) is 8.14. The van der Waals surface area contributed by atoms with E-state index < -0.39 is 18.0 Å². The SMILES string of the molecule is CC(C)(C)c1cc(NC(=O)Nc2ccc(-c3cn(CCCCC4CN(CCCCC(=O)Nc5cccc6c5CN(C5CCC(=O)NC5=O)C6=O)N=N4)c4ncnc(N)c34)cc2)no1. The molecule has 5 aromatic rings. The number of carbonyl (C=O) groups is 5. The topological polar surface area (TPSA) is 247 Å². The van der Waals surface area contributed by atoms with Gasteiger partial charge in [0.25, 0.3) is 5.91 Å². The number of nitrogens with zero attached hydrogens (tertiary/aromatic N) is 8. The molecular weight excluding hydrogens is 807 g/mol. The predicted octanol–water partition coefficient (Wildman–Crippen LogP) is 6.40. The molecular formula is C44H51N13O6. The number of carbonyl (C=O) groups excluding carboxylic acids is 5. The quantitative estimate of drug-likeness (QED) is 0.0569. The monoisotopic (exact) mass is 857 g/mol. The number of urea groups is 1. The summed E-state index contributed by atoms with van der Waals surface area (Å²) in [5, 5.41) is 26.4. The number of unbranched alkanes of at least 4 members (excludes halogenated alkanes) is 2. The number of aromatic nitrogens is 4. The van der Waals surface area contributed by atoms with Crippen LogP contribution in [0.4, 0.5) is 27.8 Å². The van der Waals surface area contributed by atoms with E-state index in [0.717, 1.165) is 60.9 Å². The van der Waals surface area contributed by atoms with Crippen LogP contribution in [0.5, 0.6) is 0 Å². The fourth-order valence-corrected chi connectivity index (χ4v) is 8.14. The molecule has 2 atom stereocenters. The second kappa shape index (κ2) is 18.0. The number of amides is 6. The van der Waals surface area contributed by atoms with E-state index in [9.17, 15) is 24.0 Å². The van der Waals surface area contributed by atoms with Crippen LogP contribution in [-0.2, 0) is 32.9 Å². The van der Waals surface area contributed by atoms with Crippen LogP contribution in [0.25, 0.3) is 22.2 Å². The Hall–Kier alpha value is -7.18. The third-order valence-corrected chi connectivity index (χ3v) is 11.5. The molecule has 63 heavy (non-hydrogen) atoms. The van der Waals surface area contributed by atoms with Gasteiger partial charge in [0.2, 0.25) is 17.7 Å². The maximum absolute atomic E-state index is 13.1. The highest BCUT2D eigenvalue weighted by Crippen LogP contribution is 2.35. The summed E-state index contributed by atoms with van der Waals surface area (Å²) >= 11 is 0. The number of aryl methyl sites for hydroxylation is 1. The molecule has 1 fully saturated rings. The largest absolute Gasteiger partial charge is 0.383 e. The van der Waals surface area contributed by atoms with E-state index in [4.69, 9.17) is 10.3 Å². The van der Waals surface area contributed by atoms with Gasteiger partial charge in [-0.2, -0.15) is 5.11 Å². The first-order valence-corrected chi connectivity index (χ1v) is 21.3. The van der Waals surface area contributed by atoms with Crippen molar-refractivity contribution in [2.75, 3.05) is 34.8 Å². The minimum atomic E-state index is -0.718. The third-order valence-electron chi connectivity index (χ3n) is 11.5. The first-order valence-electron chi connectivity index (χ1n) is 21.3. The summed E-state index contributed by atoms with van der Waals surface area (Å²) in [5.41, 5.74) is 11.0. The highest BCUT2D eigenvalue weighted by molar-refractivity contribution is 6.07. The minimum Gasteiger partial charge on any atom is -0.383 e. The maximum Gasteiger partial charge on any atom is 0.324 e. The highest BCUT2D eigenvalue weighted by atomic mass is 16.5. The van der Waals surface area contributed by atoms with Crippen molar-refractivity contribution >= 4 is 63.7 Å². The first-order chi connectivity index (χ1) is 30.3. The zero-order valence-corrected chi connectivity index (χ0v) is 35.5. The Bertz CT molecular complexity index is 2580. The van der Waals surface area contributed by atoms with Crippen molar-refractivity contribution in [1.82, 2.24) is 34.9 Å². The zero-order chi connectivity index (χ0) is 44.3. The number of benzene rings is 2. The molecule has 0 aliphatic carbocycles. The Morgan fingerprint density at radius 2 is 1.76 bits per heavy atom. The molecule has 3 aliphatic rings. The molecule has 6 heterocycles. The molecule has 3 aromatic heterocycles. The van der Waals surface area contributed by atoms with Crippen LogP contribution >= 0.6 is 0 Å². The van der Waals surface area contributed by atoms with Gasteiger partial charge in [-0.3, -0.25) is 34.8 Å². The molecule has 2 unspecified atom stereocenters. The molecule has 0 saturated carbocycles. The molecule has 19 heteroatoms. The Morgan fingerprint density at radius 1 is 0.952 bits per heavy atom. The Morgan fingerprint density at radius 3 is 2.54 bits per heavy atom. The van der Waals surface area contributed by atoms with Gasteiger partial charge in [-0.05, 0) is 68.4 Å². The van der Waals surface area contributed by atoms with Gasteiger partial charge in [-0.25, -0.2) is 14.8 Å². The lowest BCUT2D eigenvalue weighted by Crippen LogP contribution is -2.52. The molecule has 0 bridgehead atoms. The Balaban J connectivity index is 0.759. The van der Waals surface area contributed by atoms with E-state index in [2.05, 4.69) is 51.3 Å². The van der Waals surface area contributed by atoms with Crippen LogP contribution in [0.15, 0.2) is 75.9 Å². The number of nitrogens with two attached hydrogens (primary N) is 1. The van der Waals surface area contributed by atoms with Crippen molar-refractivity contribution in [2.24, 2.45) is 10.3 Å². The first kappa shape index (κ1) is 42.5. The van der Waals surface area contributed by atoms with E-state index in [0.29, 0.717) is 59.3 Å². The van der Waals surface area contributed by atoms with Crippen molar-refractivity contribution in [3.63, 3.8) is 0 Å². The van der Waals surface area contributed by atoms with Crippen molar-refractivity contribution < 1.29 is 28.5 Å². The summed E-state index contributed by atoms with van der Waals surface area (Å²) < 4.78 is 7.46. The lowest BCUT2D eigenvalue weighted by Gasteiger charge is -2.29. The second-order valence-electron chi connectivity index (χ2n) is 17.2. The van der Waals surface area contributed by atoms with E-state index >= 15 is 0 Å². The number of nitrogens with one attached hydrogen (secondary N) is 4. The van der Waals surface area contributed by atoms with Crippen molar-refractivity contribution in [1.29, 1.82) is 0 Å². The smallest absolute Gasteiger partial charge is 0.324 e. The molecule has 8 rings (SSSR count). The van der Waals surface area contributed by atoms with Crippen LogP contribution in [0, 0.1) is 0 Å². The summed E-state index contributed by atoms with van der Waals surface area (Å²) in [6.45, 7) is 8.34. The molecule has 2 aromatic carbocycles. The van der Waals surface area contributed by atoms with Crippen molar-refractivity contribution in [2.45, 2.75) is 103 Å².